The van der Waals surface area contributed by atoms with Crippen molar-refractivity contribution in [1.29, 1.82) is 0 Å². The number of hydrogen-bond acceptors (Lipinski definition) is 4. The number of amides is 1. The van der Waals surface area contributed by atoms with Crippen molar-refractivity contribution >= 4 is 23.2 Å². The smallest absolute Gasteiger partial charge is 0.238 e. The molecule has 0 aliphatic heterocycles. The third-order valence-corrected chi connectivity index (χ3v) is 3.87. The molecule has 0 aliphatic carbocycles. The molecule has 0 saturated carbocycles. The van der Waals surface area contributed by atoms with Crippen molar-refractivity contribution < 1.29 is 14.3 Å². The molecule has 0 heterocycles. The van der Waals surface area contributed by atoms with E-state index >= 15 is 0 Å². The maximum atomic E-state index is 11.8. The maximum absolute atomic E-state index is 11.8. The van der Waals surface area contributed by atoms with Crippen molar-refractivity contribution in [1.82, 2.24) is 16.2 Å². The van der Waals surface area contributed by atoms with Crippen molar-refractivity contribution in [3.8, 4) is 5.75 Å². The standard InChI is InChI=1S/C19H31N3O3S/c1-14(13-24-5)20-18(26)22-21-17(23)7-6-12-25-16-10-8-15(9-11-16)19(2,3)4/h8-11,14H,6-7,12-13H2,1-5H3,(H,21,23)(H2,20,22,26)/t14-/m1/s1. The van der Waals surface area contributed by atoms with Gasteiger partial charge in [-0.3, -0.25) is 15.6 Å². The minimum absolute atomic E-state index is 0.0648. The van der Waals surface area contributed by atoms with Crippen LogP contribution >= 0.6 is 12.2 Å². The number of thiocarbonyl (C=S) groups is 1. The van der Waals surface area contributed by atoms with Gasteiger partial charge in [-0.05, 0) is 48.7 Å². The molecule has 6 nitrogen and oxygen atoms in total. The van der Waals surface area contributed by atoms with E-state index in [1.807, 2.05) is 19.1 Å². The molecule has 0 unspecified atom stereocenters. The van der Waals surface area contributed by atoms with Gasteiger partial charge in [0, 0.05) is 19.6 Å². The van der Waals surface area contributed by atoms with Crippen LogP contribution in [-0.2, 0) is 14.9 Å². The zero-order valence-electron chi connectivity index (χ0n) is 16.3. The molecule has 0 aromatic heterocycles. The fourth-order valence-corrected chi connectivity index (χ4v) is 2.47. The van der Waals surface area contributed by atoms with Crippen LogP contribution in [0.5, 0.6) is 5.75 Å². The minimum Gasteiger partial charge on any atom is -0.494 e. The average molecular weight is 382 g/mol. The van der Waals surface area contributed by atoms with Crippen molar-refractivity contribution in [2.45, 2.75) is 52.0 Å². The number of hydrazine groups is 1. The van der Waals surface area contributed by atoms with Crippen molar-refractivity contribution in [2.75, 3.05) is 20.3 Å². The average Bonchev–Trinajstić information content (AvgIpc) is 2.56. The molecule has 146 valence electrons. The summed E-state index contributed by atoms with van der Waals surface area (Å²) in [5, 5.41) is 3.36. The van der Waals surface area contributed by atoms with Crippen LogP contribution in [0.15, 0.2) is 24.3 Å². The molecule has 3 N–H and O–H groups in total. The fraction of sp³-hybridized carbons (Fsp3) is 0.579. The zero-order valence-corrected chi connectivity index (χ0v) is 17.2. The molecule has 1 atom stereocenters. The summed E-state index contributed by atoms with van der Waals surface area (Å²) < 4.78 is 10.7. The Kier molecular flexibility index (Phi) is 9.37. The lowest BCUT2D eigenvalue weighted by atomic mass is 9.87. The molecule has 26 heavy (non-hydrogen) atoms. The van der Waals surface area contributed by atoms with E-state index in [1.54, 1.807) is 7.11 Å². The normalized spacial score (nSPS) is 12.2. The van der Waals surface area contributed by atoms with E-state index < -0.39 is 0 Å². The first-order valence-corrected chi connectivity index (χ1v) is 9.21. The molecule has 1 aromatic rings. The number of ether oxygens (including phenoxy) is 2. The van der Waals surface area contributed by atoms with Crippen LogP contribution in [0.25, 0.3) is 0 Å². The molecule has 7 heteroatoms. The van der Waals surface area contributed by atoms with Gasteiger partial charge in [-0.2, -0.15) is 0 Å². The summed E-state index contributed by atoms with van der Waals surface area (Å²) >= 11 is 5.08. The van der Waals surface area contributed by atoms with Gasteiger partial charge in [-0.15, -0.1) is 0 Å². The van der Waals surface area contributed by atoms with Gasteiger partial charge in [0.1, 0.15) is 5.75 Å². The summed E-state index contributed by atoms with van der Waals surface area (Å²) in [6.45, 7) is 9.48. The van der Waals surface area contributed by atoms with Crippen LogP contribution < -0.4 is 20.9 Å². The quantitative estimate of drug-likeness (QED) is 0.365. The molecule has 0 aliphatic rings. The Hall–Kier alpha value is -1.86. The molecular formula is C19H31N3O3S. The number of methoxy groups -OCH3 is 1. The second kappa shape index (κ2) is 11.0. The molecule has 0 bridgehead atoms. The Balaban J connectivity index is 2.19. The second-order valence-corrected chi connectivity index (χ2v) is 7.64. The number of carbonyl (C=O) groups is 1. The lowest BCUT2D eigenvalue weighted by molar-refractivity contribution is -0.121. The van der Waals surface area contributed by atoms with E-state index in [-0.39, 0.29) is 17.4 Å². The largest absolute Gasteiger partial charge is 0.494 e. The van der Waals surface area contributed by atoms with Gasteiger partial charge in [0.15, 0.2) is 5.11 Å². The topological polar surface area (TPSA) is 71.6 Å². The number of carbonyl (C=O) groups excluding carboxylic acids is 1. The van der Waals surface area contributed by atoms with Gasteiger partial charge in [-0.1, -0.05) is 32.9 Å². The predicted molar refractivity (Wildman–Crippen MR) is 108 cm³/mol. The van der Waals surface area contributed by atoms with Gasteiger partial charge in [0.05, 0.1) is 13.2 Å². The summed E-state index contributed by atoms with van der Waals surface area (Å²) in [6.07, 6.45) is 0.970. The van der Waals surface area contributed by atoms with Crippen LogP contribution in [0.3, 0.4) is 0 Å². The minimum atomic E-state index is -0.139. The Labute approximate surface area is 162 Å². The summed E-state index contributed by atoms with van der Waals surface area (Å²) in [5.74, 6) is 0.675. The van der Waals surface area contributed by atoms with Crippen LogP contribution in [-0.4, -0.2) is 37.4 Å². The van der Waals surface area contributed by atoms with E-state index in [9.17, 15) is 4.79 Å². The first-order chi connectivity index (χ1) is 12.2. The summed E-state index contributed by atoms with van der Waals surface area (Å²) in [6, 6.07) is 8.14. The van der Waals surface area contributed by atoms with Gasteiger partial charge < -0.3 is 14.8 Å². The van der Waals surface area contributed by atoms with Gasteiger partial charge in [0.2, 0.25) is 5.91 Å². The molecule has 0 saturated heterocycles. The SMILES string of the molecule is COC[C@@H](C)NC(=S)NNC(=O)CCCOc1ccc(C(C)(C)C)cc1. The van der Waals surface area contributed by atoms with Gasteiger partial charge in [-0.25, -0.2) is 0 Å². The number of benzene rings is 1. The third-order valence-electron chi connectivity index (χ3n) is 3.65. The third kappa shape index (κ3) is 9.01. The van der Waals surface area contributed by atoms with Crippen molar-refractivity contribution in [3.05, 3.63) is 29.8 Å². The molecule has 1 aromatic carbocycles. The van der Waals surface area contributed by atoms with Gasteiger partial charge >= 0.3 is 0 Å². The molecule has 1 rings (SSSR count). The van der Waals surface area contributed by atoms with E-state index in [0.717, 1.165) is 5.75 Å². The van der Waals surface area contributed by atoms with Crippen molar-refractivity contribution in [3.63, 3.8) is 0 Å². The summed E-state index contributed by atoms with van der Waals surface area (Å²) in [7, 11) is 1.62. The number of nitrogens with one attached hydrogen (secondary N) is 3. The predicted octanol–water partition coefficient (Wildman–Crippen LogP) is 2.67. The van der Waals surface area contributed by atoms with E-state index in [2.05, 4.69) is 49.1 Å². The van der Waals surface area contributed by atoms with Gasteiger partial charge in [0.25, 0.3) is 0 Å². The Morgan fingerprint density at radius 1 is 1.19 bits per heavy atom. The molecule has 0 spiro atoms. The van der Waals surface area contributed by atoms with Crippen molar-refractivity contribution in [2.24, 2.45) is 0 Å². The summed E-state index contributed by atoms with van der Waals surface area (Å²) in [4.78, 5) is 11.8. The Morgan fingerprint density at radius 3 is 2.42 bits per heavy atom. The Bertz CT molecular complexity index is 570. The lowest BCUT2D eigenvalue weighted by Crippen LogP contribution is -2.49. The van der Waals surface area contributed by atoms with E-state index in [4.69, 9.17) is 21.7 Å². The second-order valence-electron chi connectivity index (χ2n) is 7.23. The molecule has 1 amide bonds. The highest BCUT2D eigenvalue weighted by Crippen LogP contribution is 2.24. The highest BCUT2D eigenvalue weighted by Gasteiger charge is 2.13. The highest BCUT2D eigenvalue weighted by atomic mass is 32.1. The first kappa shape index (κ1) is 22.2. The van der Waals surface area contributed by atoms with Crippen LogP contribution in [0.2, 0.25) is 0 Å². The van der Waals surface area contributed by atoms with E-state index in [0.29, 0.717) is 31.2 Å². The lowest BCUT2D eigenvalue weighted by Gasteiger charge is -2.19. The zero-order chi connectivity index (χ0) is 19.6. The number of hydrogen-bond donors (Lipinski definition) is 3. The highest BCUT2D eigenvalue weighted by molar-refractivity contribution is 7.80. The van der Waals surface area contributed by atoms with Crippen LogP contribution in [0.1, 0.15) is 46.1 Å². The molecule has 0 radical (unpaired) electrons. The van der Waals surface area contributed by atoms with Crippen LogP contribution in [0.4, 0.5) is 0 Å². The van der Waals surface area contributed by atoms with Crippen LogP contribution in [0, 0.1) is 0 Å². The number of rotatable bonds is 8. The molecular weight excluding hydrogens is 350 g/mol. The Morgan fingerprint density at radius 2 is 1.85 bits per heavy atom. The monoisotopic (exact) mass is 381 g/mol. The fourth-order valence-electron chi connectivity index (χ4n) is 2.21. The molecule has 0 fully saturated rings. The van der Waals surface area contributed by atoms with E-state index in [1.165, 1.54) is 5.56 Å². The maximum Gasteiger partial charge on any atom is 0.238 e. The first-order valence-electron chi connectivity index (χ1n) is 8.80. The summed E-state index contributed by atoms with van der Waals surface area (Å²) in [5.41, 5.74) is 6.63.